The summed E-state index contributed by atoms with van der Waals surface area (Å²) in [6.07, 6.45) is 2.13. The van der Waals surface area contributed by atoms with Crippen molar-refractivity contribution in [2.75, 3.05) is 11.6 Å². The highest BCUT2D eigenvalue weighted by molar-refractivity contribution is 5.52. The maximum absolute atomic E-state index is 10.5. The molecule has 3 heteroatoms. The van der Waals surface area contributed by atoms with Gasteiger partial charge in [-0.25, -0.2) is 0 Å². The summed E-state index contributed by atoms with van der Waals surface area (Å²) in [6, 6.07) is 8.00. The van der Waals surface area contributed by atoms with E-state index in [9.17, 15) is 4.91 Å². The predicted octanol–water partition coefficient (Wildman–Crippen LogP) is 0.201. The minimum atomic E-state index is 0.806. The molecule has 0 saturated heterocycles. The highest BCUT2D eigenvalue weighted by Crippen LogP contribution is 2.22. The van der Waals surface area contributed by atoms with Gasteiger partial charge in [0.05, 0.1) is 6.54 Å². The first-order valence-corrected chi connectivity index (χ1v) is 4.15. The lowest BCUT2D eigenvalue weighted by Gasteiger charge is -2.18. The van der Waals surface area contributed by atoms with Gasteiger partial charge >= 0.3 is 0 Å². The van der Waals surface area contributed by atoms with E-state index in [4.69, 9.17) is 0 Å². The Morgan fingerprint density at radius 1 is 1.33 bits per heavy atom. The van der Waals surface area contributed by atoms with Crippen LogP contribution in [0.4, 0.5) is 5.69 Å². The van der Waals surface area contributed by atoms with Crippen molar-refractivity contribution < 1.29 is 5.29 Å². The summed E-state index contributed by atoms with van der Waals surface area (Å²) >= 11 is 0. The first kappa shape index (κ1) is 7.28. The number of benzene rings is 1. The number of hydrogen-bond donors (Lipinski definition) is 1. The van der Waals surface area contributed by atoms with Crippen LogP contribution in [-0.4, -0.2) is 6.54 Å². The summed E-state index contributed by atoms with van der Waals surface area (Å²) in [6.45, 7) is 0.806. The molecule has 0 bridgehead atoms. The Hall–Kier alpha value is -1.38. The van der Waals surface area contributed by atoms with Gasteiger partial charge in [0, 0.05) is 4.91 Å². The Bertz CT molecular complexity index is 298. The van der Waals surface area contributed by atoms with E-state index in [1.165, 1.54) is 5.56 Å². The van der Waals surface area contributed by atoms with Crippen molar-refractivity contribution in [1.29, 1.82) is 0 Å². The summed E-state index contributed by atoms with van der Waals surface area (Å²) in [7, 11) is 0. The normalized spacial score (nSPS) is 15.5. The van der Waals surface area contributed by atoms with E-state index in [1.807, 2.05) is 23.5 Å². The Morgan fingerprint density at radius 3 is 3.00 bits per heavy atom. The number of anilines is 1. The molecule has 1 aromatic carbocycles. The van der Waals surface area contributed by atoms with Gasteiger partial charge in [-0.15, -0.1) is 5.01 Å². The molecule has 0 radical (unpaired) electrons. The van der Waals surface area contributed by atoms with Crippen LogP contribution in [0.15, 0.2) is 24.3 Å². The minimum Gasteiger partial charge on any atom is -0.111 e. The third-order valence-corrected chi connectivity index (χ3v) is 2.22. The van der Waals surface area contributed by atoms with Crippen LogP contribution in [0.1, 0.15) is 12.0 Å². The summed E-state index contributed by atoms with van der Waals surface area (Å²) in [5.41, 5.74) is 2.28. The Morgan fingerprint density at radius 2 is 2.17 bits per heavy atom. The van der Waals surface area contributed by atoms with E-state index in [1.54, 1.807) is 5.01 Å². The fraction of sp³-hybridized carbons (Fsp3) is 0.333. The highest BCUT2D eigenvalue weighted by Gasteiger charge is 2.19. The molecule has 1 aliphatic heterocycles. The summed E-state index contributed by atoms with van der Waals surface area (Å²) < 4.78 is 0. The van der Waals surface area contributed by atoms with Gasteiger partial charge in [-0.3, -0.25) is 0 Å². The molecule has 0 spiro atoms. The van der Waals surface area contributed by atoms with Gasteiger partial charge in [-0.2, -0.15) is 0 Å². The van der Waals surface area contributed by atoms with E-state index in [2.05, 4.69) is 6.07 Å². The quantitative estimate of drug-likeness (QED) is 0.641. The molecule has 1 heterocycles. The van der Waals surface area contributed by atoms with E-state index in [0.29, 0.717) is 0 Å². The summed E-state index contributed by atoms with van der Waals surface area (Å²) in [5, 5.41) is 3.60. The van der Waals surface area contributed by atoms with E-state index >= 15 is 0 Å². The standard InChI is InChI=1S/C9H10N2O/c12-10-11-7-3-5-8-4-1-2-6-9(8)11/h1-2,4,6H,3,5,7H2/p+1. The third-order valence-electron chi connectivity index (χ3n) is 2.22. The molecule has 0 atom stereocenters. The minimum absolute atomic E-state index is 0.806. The molecular formula is C9H11N2O+. The molecule has 0 saturated carbocycles. The van der Waals surface area contributed by atoms with Gasteiger partial charge in [0.1, 0.15) is 11.0 Å². The molecule has 0 unspecified atom stereocenters. The van der Waals surface area contributed by atoms with Crippen LogP contribution in [-0.2, 0) is 6.42 Å². The maximum Gasteiger partial charge on any atom is 0.107 e. The second kappa shape index (κ2) is 2.93. The Labute approximate surface area is 70.9 Å². The van der Waals surface area contributed by atoms with Gasteiger partial charge in [0.25, 0.3) is 0 Å². The van der Waals surface area contributed by atoms with Crippen LogP contribution >= 0.6 is 0 Å². The molecule has 0 aromatic heterocycles. The van der Waals surface area contributed by atoms with Gasteiger partial charge in [-0.05, 0) is 24.5 Å². The van der Waals surface area contributed by atoms with E-state index in [-0.39, 0.29) is 0 Å². The number of rotatable bonds is 1. The highest BCUT2D eigenvalue weighted by atomic mass is 16.3. The molecule has 1 aromatic rings. The lowest BCUT2D eigenvalue weighted by Crippen LogP contribution is -2.79. The number of nitroso groups, excluding NO2 is 1. The van der Waals surface area contributed by atoms with Crippen LogP contribution < -0.4 is 10.3 Å². The monoisotopic (exact) mass is 163 g/mol. The van der Waals surface area contributed by atoms with Crippen molar-refractivity contribution in [3.8, 4) is 0 Å². The average molecular weight is 163 g/mol. The zero-order valence-corrected chi connectivity index (χ0v) is 6.79. The van der Waals surface area contributed by atoms with Crippen molar-refractivity contribution in [3.05, 3.63) is 34.7 Å². The number of hydrazine groups is 1. The fourth-order valence-electron chi connectivity index (χ4n) is 1.63. The number of hydrogen-bond acceptors (Lipinski definition) is 1. The molecule has 1 N–H and O–H groups in total. The second-order valence-corrected chi connectivity index (χ2v) is 2.98. The molecule has 0 aliphatic carbocycles. The summed E-state index contributed by atoms with van der Waals surface area (Å²) in [5.74, 6) is 0. The first-order chi connectivity index (χ1) is 5.92. The van der Waals surface area contributed by atoms with Crippen molar-refractivity contribution in [2.24, 2.45) is 0 Å². The van der Waals surface area contributed by atoms with Crippen LogP contribution in [0.3, 0.4) is 0 Å². The Balaban J connectivity index is 2.43. The predicted molar refractivity (Wildman–Crippen MR) is 46.4 cm³/mol. The molecule has 62 valence electrons. The topological polar surface area (TPSA) is 34.3 Å². The number of fused-ring (bicyclic) bond motifs is 1. The average Bonchev–Trinajstić information content (AvgIpc) is 2.17. The van der Waals surface area contributed by atoms with Crippen molar-refractivity contribution in [1.82, 2.24) is 0 Å². The van der Waals surface area contributed by atoms with Crippen LogP contribution in [0, 0.1) is 4.91 Å². The van der Waals surface area contributed by atoms with Crippen LogP contribution in [0.5, 0.6) is 0 Å². The van der Waals surface area contributed by atoms with Gasteiger partial charge in [-0.1, -0.05) is 18.2 Å². The van der Waals surface area contributed by atoms with Crippen molar-refractivity contribution in [2.45, 2.75) is 12.8 Å². The molecule has 1 aliphatic rings. The molecule has 12 heavy (non-hydrogen) atoms. The number of aryl methyl sites for hydroxylation is 1. The SMILES string of the molecule is O=[NH+]N1CCCc2ccccc21. The second-order valence-electron chi connectivity index (χ2n) is 2.98. The van der Waals surface area contributed by atoms with Gasteiger partial charge in [0.2, 0.25) is 0 Å². The Kier molecular flexibility index (Phi) is 1.78. The van der Waals surface area contributed by atoms with Gasteiger partial charge in [0.15, 0.2) is 0 Å². The zero-order chi connectivity index (χ0) is 8.39. The van der Waals surface area contributed by atoms with Crippen LogP contribution in [0.2, 0.25) is 0 Å². The first-order valence-electron chi connectivity index (χ1n) is 4.15. The molecule has 0 amide bonds. The van der Waals surface area contributed by atoms with Gasteiger partial charge < -0.3 is 0 Å². The van der Waals surface area contributed by atoms with E-state index in [0.717, 1.165) is 25.1 Å². The van der Waals surface area contributed by atoms with Crippen LogP contribution in [0.25, 0.3) is 0 Å². The van der Waals surface area contributed by atoms with Crippen molar-refractivity contribution >= 4 is 5.69 Å². The largest absolute Gasteiger partial charge is 0.111 e. The third kappa shape index (κ3) is 1.07. The maximum atomic E-state index is 10.5. The summed E-state index contributed by atoms with van der Waals surface area (Å²) in [4.78, 5) is 10.5. The number of nitrogens with one attached hydrogen (secondary N) is 1. The number of nitrogens with zero attached hydrogens (tertiary/aromatic N) is 1. The fourth-order valence-corrected chi connectivity index (χ4v) is 1.63. The molecule has 3 nitrogen and oxygen atoms in total. The number of para-hydroxylation sites is 1. The lowest BCUT2D eigenvalue weighted by atomic mass is 10.0. The lowest BCUT2D eigenvalue weighted by molar-refractivity contribution is -0.496. The molecule has 0 fully saturated rings. The van der Waals surface area contributed by atoms with Crippen molar-refractivity contribution in [3.63, 3.8) is 0 Å². The van der Waals surface area contributed by atoms with E-state index < -0.39 is 0 Å². The molecular weight excluding hydrogens is 152 g/mol. The zero-order valence-electron chi connectivity index (χ0n) is 6.79. The molecule has 2 rings (SSSR count). The smallest absolute Gasteiger partial charge is 0.107 e.